The molecule has 1 aliphatic rings. The Bertz CT molecular complexity index is 463. The Morgan fingerprint density at radius 2 is 2.50 bits per heavy atom. The standard InChI is InChI=1S/C11H13BrN2O3S/c1-17-10(16)3-8-6-18-11(13-8)14-5-7(4-12)2-9(14)15/h6-7H,2-5H2,1H3. The van der Waals surface area contributed by atoms with Gasteiger partial charge in [0.05, 0.1) is 19.2 Å². The Hall–Kier alpha value is -0.950. The van der Waals surface area contributed by atoms with Crippen molar-refractivity contribution < 1.29 is 14.3 Å². The number of hydrogen-bond donors (Lipinski definition) is 0. The Morgan fingerprint density at radius 3 is 3.11 bits per heavy atom. The number of nitrogens with zero attached hydrogens (tertiary/aromatic N) is 2. The first kappa shape index (κ1) is 13.5. The Morgan fingerprint density at radius 1 is 1.72 bits per heavy atom. The van der Waals surface area contributed by atoms with Gasteiger partial charge in [-0.2, -0.15) is 0 Å². The lowest BCUT2D eigenvalue weighted by atomic mass is 10.2. The fourth-order valence-corrected chi connectivity index (χ4v) is 3.08. The summed E-state index contributed by atoms with van der Waals surface area (Å²) in [5, 5.41) is 3.28. The second-order valence-electron chi connectivity index (χ2n) is 4.10. The van der Waals surface area contributed by atoms with Crippen LogP contribution in [0.5, 0.6) is 0 Å². The van der Waals surface area contributed by atoms with Crippen LogP contribution in [0.25, 0.3) is 0 Å². The van der Waals surface area contributed by atoms with Crippen molar-refractivity contribution >= 4 is 44.3 Å². The average molecular weight is 333 g/mol. The van der Waals surface area contributed by atoms with Crippen LogP contribution in [0.1, 0.15) is 12.1 Å². The van der Waals surface area contributed by atoms with Crippen molar-refractivity contribution in [2.45, 2.75) is 12.8 Å². The Labute approximate surface area is 117 Å². The van der Waals surface area contributed by atoms with E-state index in [9.17, 15) is 9.59 Å². The second-order valence-corrected chi connectivity index (χ2v) is 5.59. The van der Waals surface area contributed by atoms with Crippen molar-refractivity contribution in [2.75, 3.05) is 23.9 Å². The van der Waals surface area contributed by atoms with Crippen LogP contribution in [0.15, 0.2) is 5.38 Å². The number of hydrogen-bond acceptors (Lipinski definition) is 5. The van der Waals surface area contributed by atoms with Gasteiger partial charge in [-0.15, -0.1) is 11.3 Å². The van der Waals surface area contributed by atoms with E-state index in [1.54, 1.807) is 10.3 Å². The number of methoxy groups -OCH3 is 1. The molecular weight excluding hydrogens is 320 g/mol. The van der Waals surface area contributed by atoms with Crippen LogP contribution in [-0.4, -0.2) is 35.8 Å². The van der Waals surface area contributed by atoms with E-state index in [2.05, 4.69) is 25.7 Å². The fourth-order valence-electron chi connectivity index (χ4n) is 1.79. The summed E-state index contributed by atoms with van der Waals surface area (Å²) in [6.07, 6.45) is 0.702. The van der Waals surface area contributed by atoms with Crippen molar-refractivity contribution in [3.63, 3.8) is 0 Å². The number of halogens is 1. The van der Waals surface area contributed by atoms with Gasteiger partial charge in [-0.1, -0.05) is 15.9 Å². The zero-order valence-electron chi connectivity index (χ0n) is 9.89. The highest BCUT2D eigenvalue weighted by Gasteiger charge is 2.31. The number of esters is 1. The molecule has 1 atom stereocenters. The summed E-state index contributed by atoms with van der Waals surface area (Å²) in [6, 6.07) is 0. The van der Waals surface area contributed by atoms with Gasteiger partial charge in [0.2, 0.25) is 5.91 Å². The summed E-state index contributed by atoms with van der Waals surface area (Å²) in [7, 11) is 1.35. The maximum absolute atomic E-state index is 11.8. The number of carbonyl (C=O) groups excluding carboxylic acids is 2. The maximum Gasteiger partial charge on any atom is 0.311 e. The first-order valence-corrected chi connectivity index (χ1v) is 7.51. The second kappa shape index (κ2) is 5.79. The van der Waals surface area contributed by atoms with Crippen molar-refractivity contribution in [3.8, 4) is 0 Å². The highest BCUT2D eigenvalue weighted by atomic mass is 79.9. The highest BCUT2D eigenvalue weighted by molar-refractivity contribution is 9.09. The average Bonchev–Trinajstić information content (AvgIpc) is 2.95. The zero-order chi connectivity index (χ0) is 13.1. The maximum atomic E-state index is 11.8. The third-order valence-electron chi connectivity index (χ3n) is 2.75. The van der Waals surface area contributed by atoms with Gasteiger partial charge in [0.15, 0.2) is 5.13 Å². The van der Waals surface area contributed by atoms with E-state index in [4.69, 9.17) is 0 Å². The Balaban J connectivity index is 2.06. The van der Waals surface area contributed by atoms with Crippen LogP contribution in [0.3, 0.4) is 0 Å². The third-order valence-corrected chi connectivity index (χ3v) is 4.58. The molecule has 0 N–H and O–H groups in total. The van der Waals surface area contributed by atoms with Gasteiger partial charge >= 0.3 is 5.97 Å². The van der Waals surface area contributed by atoms with Crippen LogP contribution < -0.4 is 4.90 Å². The van der Waals surface area contributed by atoms with E-state index in [1.807, 2.05) is 0 Å². The third kappa shape index (κ3) is 2.89. The van der Waals surface area contributed by atoms with Crippen molar-refractivity contribution in [1.82, 2.24) is 4.98 Å². The predicted octanol–water partition coefficient (Wildman–Crippen LogP) is 1.61. The number of amides is 1. The molecule has 2 rings (SSSR count). The summed E-state index contributed by atoms with van der Waals surface area (Å²) in [6.45, 7) is 0.690. The molecule has 2 heterocycles. The SMILES string of the molecule is COC(=O)Cc1csc(N2CC(CBr)CC2=O)n1. The summed E-state index contributed by atoms with van der Waals surface area (Å²) in [4.78, 5) is 28.9. The number of ether oxygens (including phenoxy) is 1. The normalized spacial score (nSPS) is 19.3. The molecule has 98 valence electrons. The molecule has 0 aliphatic carbocycles. The lowest BCUT2D eigenvalue weighted by Gasteiger charge is -2.11. The predicted molar refractivity (Wildman–Crippen MR) is 72.1 cm³/mol. The van der Waals surface area contributed by atoms with Gasteiger partial charge < -0.3 is 4.74 Å². The molecule has 7 heteroatoms. The number of aromatic nitrogens is 1. The van der Waals surface area contributed by atoms with Gasteiger partial charge in [-0.05, 0) is 5.92 Å². The highest BCUT2D eigenvalue weighted by Crippen LogP contribution is 2.28. The minimum absolute atomic E-state index is 0.0958. The van der Waals surface area contributed by atoms with E-state index < -0.39 is 0 Å². The molecule has 0 spiro atoms. The molecule has 0 saturated carbocycles. The minimum Gasteiger partial charge on any atom is -0.469 e. The van der Waals surface area contributed by atoms with E-state index >= 15 is 0 Å². The van der Waals surface area contributed by atoms with E-state index in [0.717, 1.165) is 5.33 Å². The topological polar surface area (TPSA) is 59.5 Å². The van der Waals surface area contributed by atoms with E-state index in [0.29, 0.717) is 29.7 Å². The molecule has 1 aromatic rings. The molecule has 0 radical (unpaired) electrons. The number of thiazole rings is 1. The fraction of sp³-hybridized carbons (Fsp3) is 0.545. The molecule has 1 saturated heterocycles. The first-order chi connectivity index (χ1) is 8.63. The van der Waals surface area contributed by atoms with Crippen LogP contribution in [0, 0.1) is 5.92 Å². The molecule has 1 fully saturated rings. The summed E-state index contributed by atoms with van der Waals surface area (Å²) < 4.78 is 4.58. The van der Waals surface area contributed by atoms with Gasteiger partial charge in [0.1, 0.15) is 0 Å². The Kier molecular flexibility index (Phi) is 4.34. The van der Waals surface area contributed by atoms with Gasteiger partial charge in [-0.3, -0.25) is 14.5 Å². The summed E-state index contributed by atoms with van der Waals surface area (Å²) in [5.41, 5.74) is 0.650. The van der Waals surface area contributed by atoms with Gasteiger partial charge in [0.25, 0.3) is 0 Å². The van der Waals surface area contributed by atoms with E-state index in [1.165, 1.54) is 18.4 Å². The molecule has 1 aliphatic heterocycles. The molecule has 0 aromatic carbocycles. The van der Waals surface area contributed by atoms with Crippen LogP contribution >= 0.6 is 27.3 Å². The summed E-state index contributed by atoms with van der Waals surface area (Å²) in [5.74, 6) is 0.113. The van der Waals surface area contributed by atoms with Gasteiger partial charge in [-0.25, -0.2) is 4.98 Å². The largest absolute Gasteiger partial charge is 0.469 e. The van der Waals surface area contributed by atoms with Crippen LogP contribution in [0.4, 0.5) is 5.13 Å². The first-order valence-electron chi connectivity index (χ1n) is 5.51. The number of rotatable bonds is 4. The number of alkyl halides is 1. The van der Waals surface area contributed by atoms with Crippen molar-refractivity contribution in [1.29, 1.82) is 0 Å². The monoisotopic (exact) mass is 332 g/mol. The smallest absolute Gasteiger partial charge is 0.311 e. The van der Waals surface area contributed by atoms with Crippen molar-refractivity contribution in [3.05, 3.63) is 11.1 Å². The quantitative estimate of drug-likeness (QED) is 0.620. The number of carbonyl (C=O) groups is 2. The molecule has 0 bridgehead atoms. The zero-order valence-corrected chi connectivity index (χ0v) is 12.3. The lowest BCUT2D eigenvalue weighted by Crippen LogP contribution is -2.24. The molecule has 1 aromatic heterocycles. The molecule has 1 unspecified atom stereocenters. The minimum atomic E-state index is -0.321. The lowest BCUT2D eigenvalue weighted by molar-refractivity contribution is -0.139. The summed E-state index contributed by atoms with van der Waals surface area (Å²) >= 11 is 4.78. The molecule has 5 nitrogen and oxygen atoms in total. The molecule has 18 heavy (non-hydrogen) atoms. The van der Waals surface area contributed by atoms with Crippen LogP contribution in [0.2, 0.25) is 0 Å². The van der Waals surface area contributed by atoms with Crippen molar-refractivity contribution in [2.24, 2.45) is 5.92 Å². The van der Waals surface area contributed by atoms with Gasteiger partial charge in [0, 0.05) is 23.7 Å². The van der Waals surface area contributed by atoms with Crippen LogP contribution in [-0.2, 0) is 20.7 Å². The number of anilines is 1. The molecule has 1 amide bonds. The molecular formula is C11H13BrN2O3S. The van der Waals surface area contributed by atoms with E-state index in [-0.39, 0.29) is 18.3 Å².